The van der Waals surface area contributed by atoms with Crippen molar-refractivity contribution in [2.45, 2.75) is 39.0 Å². The van der Waals surface area contributed by atoms with Crippen LogP contribution in [0.4, 0.5) is 5.69 Å². The van der Waals surface area contributed by atoms with E-state index < -0.39 is 0 Å². The summed E-state index contributed by atoms with van der Waals surface area (Å²) in [6.45, 7) is 6.47. The molecule has 0 radical (unpaired) electrons. The number of benzene rings is 1. The Morgan fingerprint density at radius 1 is 1.26 bits per heavy atom. The van der Waals surface area contributed by atoms with Crippen molar-refractivity contribution in [2.24, 2.45) is 11.7 Å². The molecule has 1 fully saturated rings. The van der Waals surface area contributed by atoms with Crippen LogP contribution in [0.1, 0.15) is 44.6 Å². The second-order valence-corrected chi connectivity index (χ2v) is 6.58. The Labute approximate surface area is 138 Å². The number of quaternary nitrogens is 1. The predicted octanol–water partition coefficient (Wildman–Crippen LogP) is 0.919. The van der Waals surface area contributed by atoms with Crippen molar-refractivity contribution in [2.75, 3.05) is 25.0 Å². The Hall–Kier alpha value is -1.88. The van der Waals surface area contributed by atoms with Crippen LogP contribution < -0.4 is 16.0 Å². The standard InChI is InChI=1S/C18H27N3O2/c1-3-13(2)14-4-6-16(7-5-14)20-17(22)12-21-10-8-15(9-11-21)18(19)23/h4-7,13,15H,3,8-12H2,1-2H3,(H2,19,23)(H,20,22)/p+1/t13-/m0/s1. The maximum atomic E-state index is 12.1. The number of rotatable bonds is 6. The van der Waals surface area contributed by atoms with Crippen LogP contribution in [0, 0.1) is 5.92 Å². The molecular weight excluding hydrogens is 290 g/mol. The zero-order valence-electron chi connectivity index (χ0n) is 14.1. The summed E-state index contributed by atoms with van der Waals surface area (Å²) >= 11 is 0. The van der Waals surface area contributed by atoms with Crippen LogP contribution in [0.3, 0.4) is 0 Å². The lowest BCUT2D eigenvalue weighted by molar-refractivity contribution is -0.897. The Bertz CT molecular complexity index is 534. The number of nitrogens with one attached hydrogen (secondary N) is 2. The lowest BCUT2D eigenvalue weighted by Crippen LogP contribution is -3.14. The van der Waals surface area contributed by atoms with E-state index in [4.69, 9.17) is 5.73 Å². The second-order valence-electron chi connectivity index (χ2n) is 6.58. The minimum Gasteiger partial charge on any atom is -0.369 e. The van der Waals surface area contributed by atoms with E-state index in [-0.39, 0.29) is 17.7 Å². The fraction of sp³-hybridized carbons (Fsp3) is 0.556. The van der Waals surface area contributed by atoms with E-state index in [1.165, 1.54) is 10.5 Å². The average molecular weight is 318 g/mol. The van der Waals surface area contributed by atoms with Gasteiger partial charge in [-0.25, -0.2) is 0 Å². The summed E-state index contributed by atoms with van der Waals surface area (Å²) in [5.41, 5.74) is 7.47. The number of primary amides is 1. The molecule has 0 bridgehead atoms. The number of nitrogens with two attached hydrogens (primary N) is 1. The van der Waals surface area contributed by atoms with Crippen LogP contribution in [0.5, 0.6) is 0 Å². The Kier molecular flexibility index (Phi) is 6.16. The molecule has 0 unspecified atom stereocenters. The highest BCUT2D eigenvalue weighted by Crippen LogP contribution is 2.20. The first-order chi connectivity index (χ1) is 11.0. The molecule has 0 spiro atoms. The largest absolute Gasteiger partial charge is 0.369 e. The van der Waals surface area contributed by atoms with Crippen LogP contribution in [0.25, 0.3) is 0 Å². The monoisotopic (exact) mass is 318 g/mol. The van der Waals surface area contributed by atoms with Crippen molar-refractivity contribution in [1.29, 1.82) is 0 Å². The van der Waals surface area contributed by atoms with Gasteiger partial charge in [0.25, 0.3) is 5.91 Å². The molecule has 2 rings (SSSR count). The molecular formula is C18H28N3O2+. The summed E-state index contributed by atoms with van der Waals surface area (Å²) in [7, 11) is 0. The van der Waals surface area contributed by atoms with Crippen molar-refractivity contribution in [3.63, 3.8) is 0 Å². The number of amides is 2. The Morgan fingerprint density at radius 3 is 2.39 bits per heavy atom. The number of hydrogen-bond donors (Lipinski definition) is 3. The minimum atomic E-state index is -0.213. The molecule has 0 aromatic heterocycles. The van der Waals surface area contributed by atoms with Gasteiger partial charge in [0.2, 0.25) is 5.91 Å². The molecule has 2 amide bonds. The first-order valence-electron chi connectivity index (χ1n) is 8.52. The summed E-state index contributed by atoms with van der Waals surface area (Å²) in [5.74, 6) is 0.328. The molecule has 1 aliphatic heterocycles. The third-order valence-corrected chi connectivity index (χ3v) is 4.88. The normalized spacial score (nSPS) is 22.3. The zero-order valence-corrected chi connectivity index (χ0v) is 14.1. The maximum absolute atomic E-state index is 12.1. The van der Waals surface area contributed by atoms with Gasteiger partial charge in [0.15, 0.2) is 6.54 Å². The van der Waals surface area contributed by atoms with E-state index in [1.54, 1.807) is 0 Å². The van der Waals surface area contributed by atoms with E-state index in [9.17, 15) is 9.59 Å². The van der Waals surface area contributed by atoms with Crippen LogP contribution in [0.2, 0.25) is 0 Å². The van der Waals surface area contributed by atoms with Crippen LogP contribution in [0.15, 0.2) is 24.3 Å². The molecule has 0 saturated carbocycles. The number of likely N-dealkylation sites (tertiary alicyclic amines) is 1. The summed E-state index contributed by atoms with van der Waals surface area (Å²) in [4.78, 5) is 24.5. The molecule has 126 valence electrons. The van der Waals surface area contributed by atoms with Crippen molar-refractivity contribution in [1.82, 2.24) is 0 Å². The van der Waals surface area contributed by atoms with E-state index in [2.05, 4.69) is 31.3 Å². The maximum Gasteiger partial charge on any atom is 0.279 e. The van der Waals surface area contributed by atoms with E-state index in [0.29, 0.717) is 12.5 Å². The van der Waals surface area contributed by atoms with Gasteiger partial charge in [0, 0.05) is 24.4 Å². The number of carbonyl (C=O) groups is 2. The molecule has 1 aromatic carbocycles. The highest BCUT2D eigenvalue weighted by atomic mass is 16.2. The van der Waals surface area contributed by atoms with Gasteiger partial charge >= 0.3 is 0 Å². The molecule has 5 nitrogen and oxygen atoms in total. The highest BCUT2D eigenvalue weighted by molar-refractivity contribution is 5.91. The van der Waals surface area contributed by atoms with Crippen molar-refractivity contribution < 1.29 is 14.5 Å². The third-order valence-electron chi connectivity index (χ3n) is 4.88. The van der Waals surface area contributed by atoms with Gasteiger partial charge in [-0.05, 0) is 30.0 Å². The zero-order chi connectivity index (χ0) is 16.8. The average Bonchev–Trinajstić information content (AvgIpc) is 2.55. The van der Waals surface area contributed by atoms with Gasteiger partial charge in [-0.1, -0.05) is 26.0 Å². The van der Waals surface area contributed by atoms with Gasteiger partial charge in [0.1, 0.15) is 0 Å². The van der Waals surface area contributed by atoms with Gasteiger partial charge in [-0.2, -0.15) is 0 Å². The molecule has 1 aliphatic rings. The fourth-order valence-electron chi connectivity index (χ4n) is 3.05. The first kappa shape index (κ1) is 17.5. The SMILES string of the molecule is CC[C@H](C)c1ccc(NC(=O)C[NH+]2CCC(C(N)=O)CC2)cc1. The minimum absolute atomic E-state index is 0.0186. The molecule has 1 atom stereocenters. The van der Waals surface area contributed by atoms with Gasteiger partial charge in [-0.15, -0.1) is 0 Å². The van der Waals surface area contributed by atoms with Crippen LogP contribution in [-0.4, -0.2) is 31.4 Å². The van der Waals surface area contributed by atoms with Crippen LogP contribution >= 0.6 is 0 Å². The molecule has 0 aliphatic carbocycles. The summed E-state index contributed by atoms with van der Waals surface area (Å²) in [6, 6.07) is 8.09. The molecule has 4 N–H and O–H groups in total. The van der Waals surface area contributed by atoms with Crippen molar-refractivity contribution in [3.8, 4) is 0 Å². The number of piperidine rings is 1. The lowest BCUT2D eigenvalue weighted by Gasteiger charge is -2.27. The topological polar surface area (TPSA) is 76.6 Å². The summed E-state index contributed by atoms with van der Waals surface area (Å²) in [6.07, 6.45) is 2.67. The molecule has 1 heterocycles. The van der Waals surface area contributed by atoms with Crippen molar-refractivity contribution >= 4 is 17.5 Å². The Balaban J connectivity index is 1.80. The number of hydrogen-bond acceptors (Lipinski definition) is 2. The first-order valence-corrected chi connectivity index (χ1v) is 8.52. The smallest absolute Gasteiger partial charge is 0.279 e. The molecule has 1 saturated heterocycles. The third kappa shape index (κ3) is 5.06. The van der Waals surface area contributed by atoms with Gasteiger partial charge < -0.3 is 16.0 Å². The second kappa shape index (κ2) is 8.11. The van der Waals surface area contributed by atoms with E-state index in [0.717, 1.165) is 38.0 Å². The van der Waals surface area contributed by atoms with E-state index >= 15 is 0 Å². The molecule has 23 heavy (non-hydrogen) atoms. The fourth-order valence-corrected chi connectivity index (χ4v) is 3.05. The number of carbonyl (C=O) groups excluding carboxylic acids is 2. The quantitative estimate of drug-likeness (QED) is 0.729. The molecule has 5 heteroatoms. The van der Waals surface area contributed by atoms with Crippen molar-refractivity contribution in [3.05, 3.63) is 29.8 Å². The summed E-state index contributed by atoms with van der Waals surface area (Å²) < 4.78 is 0. The Morgan fingerprint density at radius 2 is 1.87 bits per heavy atom. The van der Waals surface area contributed by atoms with E-state index in [1.807, 2.05) is 12.1 Å². The lowest BCUT2D eigenvalue weighted by atomic mass is 9.96. The van der Waals surface area contributed by atoms with Gasteiger partial charge in [-0.3, -0.25) is 9.59 Å². The number of anilines is 1. The van der Waals surface area contributed by atoms with Crippen LogP contribution in [-0.2, 0) is 9.59 Å². The van der Waals surface area contributed by atoms with Gasteiger partial charge in [0.05, 0.1) is 13.1 Å². The highest BCUT2D eigenvalue weighted by Gasteiger charge is 2.26. The summed E-state index contributed by atoms with van der Waals surface area (Å²) in [5, 5.41) is 2.96. The predicted molar refractivity (Wildman–Crippen MR) is 91.3 cm³/mol. The molecule has 1 aromatic rings.